The first kappa shape index (κ1) is 16.0. The van der Waals surface area contributed by atoms with Crippen molar-refractivity contribution in [2.45, 2.75) is 12.5 Å². The van der Waals surface area contributed by atoms with Gasteiger partial charge in [0.05, 0.1) is 23.0 Å². The Labute approximate surface area is 144 Å². The quantitative estimate of drug-likeness (QED) is 0.916. The van der Waals surface area contributed by atoms with Crippen LogP contribution in [0.2, 0.25) is 10.0 Å². The van der Waals surface area contributed by atoms with Crippen LogP contribution in [0.3, 0.4) is 0 Å². The fourth-order valence-corrected chi connectivity index (χ4v) is 2.61. The van der Waals surface area contributed by atoms with Gasteiger partial charge < -0.3 is 14.8 Å². The molecule has 0 saturated carbocycles. The molecule has 23 heavy (non-hydrogen) atoms. The Morgan fingerprint density at radius 1 is 1.13 bits per heavy atom. The third-order valence-corrected chi connectivity index (χ3v) is 4.18. The van der Waals surface area contributed by atoms with E-state index in [1.165, 1.54) is 0 Å². The second-order valence-corrected chi connectivity index (χ2v) is 6.04. The fraction of sp³-hybridized carbons (Fsp3) is 0.235. The highest BCUT2D eigenvalue weighted by Gasteiger charge is 2.21. The summed E-state index contributed by atoms with van der Waals surface area (Å²) in [5.41, 5.74) is 0.808. The van der Waals surface area contributed by atoms with Crippen molar-refractivity contribution in [2.24, 2.45) is 0 Å². The van der Waals surface area contributed by atoms with E-state index in [-0.39, 0.29) is 18.4 Å². The Kier molecular flexibility index (Phi) is 4.94. The highest BCUT2D eigenvalue weighted by molar-refractivity contribution is 6.42. The van der Waals surface area contributed by atoms with Gasteiger partial charge in [-0.05, 0) is 29.8 Å². The normalized spacial score (nSPS) is 16.0. The van der Waals surface area contributed by atoms with Gasteiger partial charge in [0.1, 0.15) is 12.7 Å². The molecule has 0 radical (unpaired) electrons. The lowest BCUT2D eigenvalue weighted by atomic mass is 10.1. The first-order valence-electron chi connectivity index (χ1n) is 7.21. The zero-order valence-corrected chi connectivity index (χ0v) is 13.7. The number of amides is 1. The van der Waals surface area contributed by atoms with E-state index in [1.54, 1.807) is 18.2 Å². The molecule has 0 bridgehead atoms. The second kappa shape index (κ2) is 7.11. The summed E-state index contributed by atoms with van der Waals surface area (Å²) in [5, 5.41) is 3.76. The molecule has 1 amide bonds. The summed E-state index contributed by atoms with van der Waals surface area (Å²) in [7, 11) is 0. The van der Waals surface area contributed by atoms with Gasteiger partial charge in [-0.2, -0.15) is 0 Å². The highest BCUT2D eigenvalue weighted by Crippen LogP contribution is 2.30. The Bertz CT molecular complexity index is 721. The van der Waals surface area contributed by atoms with E-state index in [0.29, 0.717) is 28.9 Å². The Morgan fingerprint density at radius 2 is 1.91 bits per heavy atom. The zero-order chi connectivity index (χ0) is 16.2. The average Bonchev–Trinajstić information content (AvgIpc) is 2.56. The molecule has 1 aliphatic rings. The van der Waals surface area contributed by atoms with Crippen LogP contribution in [0.4, 0.5) is 0 Å². The zero-order valence-electron chi connectivity index (χ0n) is 12.2. The maximum Gasteiger partial charge on any atom is 0.224 e. The maximum atomic E-state index is 12.0. The summed E-state index contributed by atoms with van der Waals surface area (Å²) in [6, 6.07) is 12.6. The third kappa shape index (κ3) is 4.09. The van der Waals surface area contributed by atoms with E-state index in [9.17, 15) is 4.79 Å². The molecule has 0 saturated heterocycles. The summed E-state index contributed by atoms with van der Waals surface area (Å²) in [5.74, 6) is 1.32. The van der Waals surface area contributed by atoms with Gasteiger partial charge in [0.15, 0.2) is 11.5 Å². The van der Waals surface area contributed by atoms with Gasteiger partial charge >= 0.3 is 0 Å². The molecule has 6 heteroatoms. The number of ether oxygens (including phenoxy) is 2. The number of rotatable bonds is 4. The summed E-state index contributed by atoms with van der Waals surface area (Å²) in [6.45, 7) is 0.790. The average molecular weight is 352 g/mol. The van der Waals surface area contributed by atoms with Crippen LogP contribution in [-0.2, 0) is 11.2 Å². The van der Waals surface area contributed by atoms with Crippen LogP contribution in [0.25, 0.3) is 0 Å². The van der Waals surface area contributed by atoms with Crippen molar-refractivity contribution in [3.8, 4) is 11.5 Å². The highest BCUT2D eigenvalue weighted by atomic mass is 35.5. The van der Waals surface area contributed by atoms with Crippen molar-refractivity contribution in [3.63, 3.8) is 0 Å². The minimum absolute atomic E-state index is 0.106. The number of fused-ring (bicyclic) bond motifs is 1. The standard InChI is InChI=1S/C17H15Cl2NO3/c18-13-6-5-11(7-14(13)19)8-17(21)20-9-12-10-22-15-3-1-2-4-16(15)23-12/h1-7,12H,8-10H2,(H,20,21)/t12-/m1/s1. The topological polar surface area (TPSA) is 47.6 Å². The van der Waals surface area contributed by atoms with Crippen LogP contribution in [0.1, 0.15) is 5.56 Å². The van der Waals surface area contributed by atoms with Crippen molar-refractivity contribution in [2.75, 3.05) is 13.2 Å². The lowest BCUT2D eigenvalue weighted by Crippen LogP contribution is -2.41. The van der Waals surface area contributed by atoms with Crippen molar-refractivity contribution in [1.29, 1.82) is 0 Å². The smallest absolute Gasteiger partial charge is 0.224 e. The van der Waals surface area contributed by atoms with Gasteiger partial charge in [-0.3, -0.25) is 4.79 Å². The number of benzene rings is 2. The van der Waals surface area contributed by atoms with Crippen molar-refractivity contribution in [1.82, 2.24) is 5.32 Å². The minimum Gasteiger partial charge on any atom is -0.486 e. The van der Waals surface area contributed by atoms with Gasteiger partial charge in [0.2, 0.25) is 5.91 Å². The van der Waals surface area contributed by atoms with E-state index >= 15 is 0 Å². The summed E-state index contributed by atoms with van der Waals surface area (Å²) in [6.07, 6.45) is 0.0313. The molecule has 1 aliphatic heterocycles. The van der Waals surface area contributed by atoms with Crippen LogP contribution >= 0.6 is 23.2 Å². The molecule has 0 aliphatic carbocycles. The molecule has 4 nitrogen and oxygen atoms in total. The summed E-state index contributed by atoms with van der Waals surface area (Å²) < 4.78 is 11.4. The van der Waals surface area contributed by atoms with Gasteiger partial charge in [-0.25, -0.2) is 0 Å². The second-order valence-electron chi connectivity index (χ2n) is 5.23. The first-order chi connectivity index (χ1) is 11.1. The van der Waals surface area contributed by atoms with E-state index in [1.807, 2.05) is 24.3 Å². The summed E-state index contributed by atoms with van der Waals surface area (Å²) in [4.78, 5) is 12.0. The van der Waals surface area contributed by atoms with Crippen molar-refractivity contribution >= 4 is 29.1 Å². The maximum absolute atomic E-state index is 12.0. The van der Waals surface area contributed by atoms with Gasteiger partial charge in [0.25, 0.3) is 0 Å². The molecule has 1 atom stereocenters. The molecule has 0 aromatic heterocycles. The number of hydrogen-bond acceptors (Lipinski definition) is 3. The molecule has 2 aromatic rings. The van der Waals surface area contributed by atoms with Crippen LogP contribution in [-0.4, -0.2) is 25.2 Å². The SMILES string of the molecule is O=C(Cc1ccc(Cl)c(Cl)c1)NC[C@@H]1COc2ccccc2O1. The van der Waals surface area contributed by atoms with E-state index in [2.05, 4.69) is 5.32 Å². The Hall–Kier alpha value is -1.91. The van der Waals surface area contributed by atoms with Crippen LogP contribution in [0, 0.1) is 0 Å². The Balaban J connectivity index is 1.51. The molecule has 2 aromatic carbocycles. The molecule has 1 heterocycles. The monoisotopic (exact) mass is 351 g/mol. The number of halogens is 2. The van der Waals surface area contributed by atoms with Gasteiger partial charge in [-0.1, -0.05) is 41.4 Å². The Morgan fingerprint density at radius 3 is 2.70 bits per heavy atom. The molecule has 3 rings (SSSR count). The van der Waals surface area contributed by atoms with E-state index in [0.717, 1.165) is 11.3 Å². The van der Waals surface area contributed by atoms with Crippen molar-refractivity contribution in [3.05, 3.63) is 58.1 Å². The minimum atomic E-state index is -0.206. The predicted molar refractivity (Wildman–Crippen MR) is 89.5 cm³/mol. The predicted octanol–water partition coefficient (Wildman–Crippen LogP) is 3.49. The van der Waals surface area contributed by atoms with Crippen molar-refractivity contribution < 1.29 is 14.3 Å². The lowest BCUT2D eigenvalue weighted by Gasteiger charge is -2.26. The summed E-state index contributed by atoms with van der Waals surface area (Å²) >= 11 is 11.8. The fourth-order valence-electron chi connectivity index (χ4n) is 2.29. The van der Waals surface area contributed by atoms with Crippen LogP contribution in [0.15, 0.2) is 42.5 Å². The number of hydrogen-bond donors (Lipinski definition) is 1. The molecule has 0 spiro atoms. The number of carbonyl (C=O) groups is 1. The largest absolute Gasteiger partial charge is 0.486 e. The van der Waals surface area contributed by atoms with Crippen LogP contribution in [0.5, 0.6) is 11.5 Å². The number of nitrogens with one attached hydrogen (secondary N) is 1. The molecule has 0 fully saturated rings. The molecule has 0 unspecified atom stereocenters. The van der Waals surface area contributed by atoms with Gasteiger partial charge in [-0.15, -0.1) is 0 Å². The molecular formula is C17H15Cl2NO3. The molecular weight excluding hydrogens is 337 g/mol. The first-order valence-corrected chi connectivity index (χ1v) is 7.96. The van der Waals surface area contributed by atoms with Crippen LogP contribution < -0.4 is 14.8 Å². The van der Waals surface area contributed by atoms with E-state index < -0.39 is 0 Å². The number of carbonyl (C=O) groups excluding carboxylic acids is 1. The lowest BCUT2D eigenvalue weighted by molar-refractivity contribution is -0.120. The van der Waals surface area contributed by atoms with E-state index in [4.69, 9.17) is 32.7 Å². The van der Waals surface area contributed by atoms with Gasteiger partial charge in [0, 0.05) is 0 Å². The third-order valence-electron chi connectivity index (χ3n) is 3.44. The molecule has 1 N–H and O–H groups in total. The molecule has 120 valence electrons. The number of para-hydroxylation sites is 2.